The largest absolute Gasteiger partial charge is 0.224 e. The minimum Gasteiger partial charge on any atom is -0.224 e. The van der Waals surface area contributed by atoms with Crippen molar-refractivity contribution in [3.8, 4) is 0 Å². The van der Waals surface area contributed by atoms with E-state index in [9.17, 15) is 8.42 Å². The SMILES string of the molecule is Cc1ccc(C=CS(=O)(=O)Cc2ccc(Cl)cc2)cc1. The number of halogens is 1. The van der Waals surface area contributed by atoms with Gasteiger partial charge in [-0.25, -0.2) is 8.42 Å². The second-order valence-corrected chi connectivity index (χ2v) is 6.97. The van der Waals surface area contributed by atoms with E-state index >= 15 is 0 Å². The zero-order valence-corrected chi connectivity index (χ0v) is 12.7. The van der Waals surface area contributed by atoms with Crippen molar-refractivity contribution >= 4 is 27.5 Å². The van der Waals surface area contributed by atoms with Crippen molar-refractivity contribution in [2.24, 2.45) is 0 Å². The first kappa shape index (κ1) is 14.8. The van der Waals surface area contributed by atoms with Gasteiger partial charge in [-0.3, -0.25) is 0 Å². The molecule has 0 aliphatic rings. The number of aryl methyl sites for hydroxylation is 1. The van der Waals surface area contributed by atoms with Gasteiger partial charge in [0.15, 0.2) is 9.84 Å². The Labute approximate surface area is 124 Å². The summed E-state index contributed by atoms with van der Waals surface area (Å²) in [6, 6.07) is 14.5. The van der Waals surface area contributed by atoms with Gasteiger partial charge >= 0.3 is 0 Å². The van der Waals surface area contributed by atoms with Crippen LogP contribution in [0, 0.1) is 6.92 Å². The van der Waals surface area contributed by atoms with Gasteiger partial charge in [0, 0.05) is 10.4 Å². The monoisotopic (exact) mass is 306 g/mol. The van der Waals surface area contributed by atoms with Crippen molar-refractivity contribution in [1.82, 2.24) is 0 Å². The summed E-state index contributed by atoms with van der Waals surface area (Å²) in [6.45, 7) is 1.99. The van der Waals surface area contributed by atoms with E-state index in [-0.39, 0.29) is 5.75 Å². The van der Waals surface area contributed by atoms with Crippen LogP contribution < -0.4 is 0 Å². The van der Waals surface area contributed by atoms with Gasteiger partial charge in [-0.05, 0) is 36.3 Å². The van der Waals surface area contributed by atoms with Crippen LogP contribution in [0.3, 0.4) is 0 Å². The molecule has 0 radical (unpaired) electrons. The van der Waals surface area contributed by atoms with Gasteiger partial charge in [0.25, 0.3) is 0 Å². The molecule has 2 rings (SSSR count). The fraction of sp³-hybridized carbons (Fsp3) is 0.125. The van der Waals surface area contributed by atoms with Gasteiger partial charge < -0.3 is 0 Å². The average molecular weight is 307 g/mol. The standard InChI is InChI=1S/C16H15ClO2S/c1-13-2-4-14(5-3-13)10-11-20(18,19)12-15-6-8-16(17)9-7-15/h2-11H,12H2,1H3. The second-order valence-electron chi connectivity index (χ2n) is 4.65. The molecule has 0 aliphatic carbocycles. The minimum absolute atomic E-state index is 0.0213. The van der Waals surface area contributed by atoms with Crippen LogP contribution in [0.1, 0.15) is 16.7 Å². The first-order valence-electron chi connectivity index (χ1n) is 6.16. The Morgan fingerprint density at radius 1 is 1.00 bits per heavy atom. The van der Waals surface area contributed by atoms with Crippen LogP contribution in [0.15, 0.2) is 53.9 Å². The number of hydrogen-bond donors (Lipinski definition) is 0. The quantitative estimate of drug-likeness (QED) is 0.847. The summed E-state index contributed by atoms with van der Waals surface area (Å²) in [5.74, 6) is -0.0213. The smallest absolute Gasteiger partial charge is 0.175 e. The summed E-state index contributed by atoms with van der Waals surface area (Å²) in [5.41, 5.74) is 2.74. The van der Waals surface area contributed by atoms with Gasteiger partial charge in [-0.15, -0.1) is 0 Å². The van der Waals surface area contributed by atoms with E-state index < -0.39 is 9.84 Å². The maximum absolute atomic E-state index is 12.0. The molecular weight excluding hydrogens is 292 g/mol. The summed E-state index contributed by atoms with van der Waals surface area (Å²) in [7, 11) is -3.28. The Bertz CT molecular complexity index is 699. The first-order valence-corrected chi connectivity index (χ1v) is 8.26. The van der Waals surface area contributed by atoms with E-state index in [1.54, 1.807) is 30.3 Å². The molecule has 4 heteroatoms. The molecule has 2 aromatic carbocycles. The molecule has 0 aliphatic heterocycles. The van der Waals surface area contributed by atoms with Crippen molar-refractivity contribution in [1.29, 1.82) is 0 Å². The third-order valence-corrected chi connectivity index (χ3v) is 4.36. The zero-order valence-electron chi connectivity index (χ0n) is 11.1. The van der Waals surface area contributed by atoms with E-state index in [0.717, 1.165) is 16.7 Å². The molecule has 2 aromatic rings. The van der Waals surface area contributed by atoms with E-state index in [0.29, 0.717) is 5.02 Å². The van der Waals surface area contributed by atoms with E-state index in [1.807, 2.05) is 31.2 Å². The predicted molar refractivity (Wildman–Crippen MR) is 84.3 cm³/mol. The fourth-order valence-corrected chi connectivity index (χ4v) is 2.96. The molecule has 0 amide bonds. The maximum atomic E-state index is 12.0. The molecule has 0 bridgehead atoms. The lowest BCUT2D eigenvalue weighted by Gasteiger charge is -2.00. The number of benzene rings is 2. The lowest BCUT2D eigenvalue weighted by atomic mass is 10.2. The Hall–Kier alpha value is -1.58. The predicted octanol–water partition coefficient (Wildman–Crippen LogP) is 4.23. The van der Waals surface area contributed by atoms with Gasteiger partial charge in [-0.1, -0.05) is 53.6 Å². The lowest BCUT2D eigenvalue weighted by Crippen LogP contribution is -1.99. The van der Waals surface area contributed by atoms with Crippen LogP contribution in [-0.4, -0.2) is 8.42 Å². The van der Waals surface area contributed by atoms with Gasteiger partial charge in [0.05, 0.1) is 5.75 Å². The molecule has 0 heterocycles. The van der Waals surface area contributed by atoms with Gasteiger partial charge in [-0.2, -0.15) is 0 Å². The molecule has 0 atom stereocenters. The zero-order chi connectivity index (χ0) is 14.6. The highest BCUT2D eigenvalue weighted by molar-refractivity contribution is 7.93. The van der Waals surface area contributed by atoms with Crippen LogP contribution in [-0.2, 0) is 15.6 Å². The summed E-state index contributed by atoms with van der Waals surface area (Å²) < 4.78 is 24.0. The van der Waals surface area contributed by atoms with Gasteiger partial charge in [0.1, 0.15) is 0 Å². The van der Waals surface area contributed by atoms with E-state index in [4.69, 9.17) is 11.6 Å². The summed E-state index contributed by atoms with van der Waals surface area (Å²) >= 11 is 5.77. The molecule has 0 unspecified atom stereocenters. The third kappa shape index (κ3) is 4.51. The highest BCUT2D eigenvalue weighted by Crippen LogP contribution is 2.14. The van der Waals surface area contributed by atoms with Crippen molar-refractivity contribution in [3.05, 3.63) is 75.7 Å². The van der Waals surface area contributed by atoms with Crippen molar-refractivity contribution in [2.75, 3.05) is 0 Å². The third-order valence-electron chi connectivity index (χ3n) is 2.83. The van der Waals surface area contributed by atoms with Crippen molar-refractivity contribution in [2.45, 2.75) is 12.7 Å². The molecule has 0 saturated carbocycles. The summed E-state index contributed by atoms with van der Waals surface area (Å²) in [4.78, 5) is 0. The van der Waals surface area contributed by atoms with E-state index in [1.165, 1.54) is 5.41 Å². The number of sulfone groups is 1. The first-order chi connectivity index (χ1) is 9.44. The maximum Gasteiger partial charge on any atom is 0.175 e. The molecule has 2 nitrogen and oxygen atoms in total. The normalized spacial score (nSPS) is 11.9. The number of rotatable bonds is 4. The Kier molecular flexibility index (Phi) is 4.63. The molecule has 104 valence electrons. The molecule has 0 saturated heterocycles. The van der Waals surface area contributed by atoms with Crippen LogP contribution in [0.5, 0.6) is 0 Å². The molecule has 0 N–H and O–H groups in total. The molecular formula is C16H15ClO2S. The Morgan fingerprint density at radius 2 is 1.60 bits per heavy atom. The fourth-order valence-electron chi connectivity index (χ4n) is 1.72. The number of hydrogen-bond acceptors (Lipinski definition) is 2. The van der Waals surface area contributed by atoms with Crippen molar-refractivity contribution in [3.63, 3.8) is 0 Å². The minimum atomic E-state index is -3.28. The van der Waals surface area contributed by atoms with Crippen LogP contribution >= 0.6 is 11.6 Å². The van der Waals surface area contributed by atoms with Gasteiger partial charge in [0.2, 0.25) is 0 Å². The Morgan fingerprint density at radius 3 is 2.20 bits per heavy atom. The second kappa shape index (κ2) is 6.25. The average Bonchev–Trinajstić information content (AvgIpc) is 2.41. The van der Waals surface area contributed by atoms with Crippen LogP contribution in [0.4, 0.5) is 0 Å². The Balaban J connectivity index is 2.11. The van der Waals surface area contributed by atoms with Crippen molar-refractivity contribution < 1.29 is 8.42 Å². The molecule has 20 heavy (non-hydrogen) atoms. The lowest BCUT2D eigenvalue weighted by molar-refractivity contribution is 0.604. The summed E-state index contributed by atoms with van der Waals surface area (Å²) in [6.07, 6.45) is 1.62. The highest BCUT2D eigenvalue weighted by atomic mass is 35.5. The highest BCUT2D eigenvalue weighted by Gasteiger charge is 2.07. The topological polar surface area (TPSA) is 34.1 Å². The van der Waals surface area contributed by atoms with Crippen LogP contribution in [0.2, 0.25) is 5.02 Å². The summed E-state index contributed by atoms with van der Waals surface area (Å²) in [5, 5.41) is 1.85. The molecule has 0 spiro atoms. The molecule has 0 aromatic heterocycles. The van der Waals surface area contributed by atoms with E-state index in [2.05, 4.69) is 0 Å². The van der Waals surface area contributed by atoms with Crippen LogP contribution in [0.25, 0.3) is 6.08 Å². The molecule has 0 fully saturated rings.